The van der Waals surface area contributed by atoms with Crippen LogP contribution < -0.4 is 10.6 Å². The number of guanidine groups is 1. The van der Waals surface area contributed by atoms with Gasteiger partial charge in [0.1, 0.15) is 0 Å². The molecule has 1 aromatic rings. The van der Waals surface area contributed by atoms with Crippen LogP contribution in [0, 0.1) is 0 Å². The third-order valence-corrected chi connectivity index (χ3v) is 3.87. The minimum absolute atomic E-state index is 0.653. The zero-order chi connectivity index (χ0) is 11.4. The molecule has 3 nitrogen and oxygen atoms in total. The van der Waals surface area contributed by atoms with Crippen molar-refractivity contribution in [3.63, 3.8) is 0 Å². The molecule has 2 rings (SSSR count). The Balaban J connectivity index is 1.80. The van der Waals surface area contributed by atoms with E-state index in [1.807, 2.05) is 18.4 Å². The van der Waals surface area contributed by atoms with Gasteiger partial charge in [-0.25, -0.2) is 0 Å². The van der Waals surface area contributed by atoms with Crippen LogP contribution in [-0.4, -0.2) is 19.0 Å². The highest BCUT2D eigenvalue weighted by Gasteiger charge is 2.21. The van der Waals surface area contributed by atoms with Crippen molar-refractivity contribution in [1.82, 2.24) is 10.6 Å². The van der Waals surface area contributed by atoms with E-state index in [4.69, 9.17) is 0 Å². The fraction of sp³-hybridized carbons (Fsp3) is 0.583. The monoisotopic (exact) mass is 237 g/mol. The first-order valence-electron chi connectivity index (χ1n) is 5.86. The summed E-state index contributed by atoms with van der Waals surface area (Å²) in [5, 5.41) is 6.72. The number of aryl methyl sites for hydroxylation is 1. The highest BCUT2D eigenvalue weighted by Crippen LogP contribution is 2.19. The Morgan fingerprint density at radius 3 is 2.75 bits per heavy atom. The maximum Gasteiger partial charge on any atom is 0.191 e. The van der Waals surface area contributed by atoms with Crippen LogP contribution >= 0.6 is 11.3 Å². The number of nitrogens with zero attached hydrogens (tertiary/aromatic N) is 1. The van der Waals surface area contributed by atoms with Gasteiger partial charge in [-0.05, 0) is 31.4 Å². The number of hydrogen-bond donors (Lipinski definition) is 2. The summed E-state index contributed by atoms with van der Waals surface area (Å²) in [5.41, 5.74) is 0. The largest absolute Gasteiger partial charge is 0.354 e. The maximum atomic E-state index is 4.21. The van der Waals surface area contributed by atoms with Crippen molar-refractivity contribution in [1.29, 1.82) is 0 Å². The van der Waals surface area contributed by atoms with Gasteiger partial charge in [0, 0.05) is 22.8 Å². The van der Waals surface area contributed by atoms with E-state index in [9.17, 15) is 0 Å². The SMILES string of the molecule is CCc1ccc(CNC(=NC)NC2CC2)s1. The zero-order valence-electron chi connectivity index (χ0n) is 9.92. The fourth-order valence-corrected chi connectivity index (χ4v) is 2.39. The van der Waals surface area contributed by atoms with Crippen molar-refractivity contribution in [2.24, 2.45) is 4.99 Å². The fourth-order valence-electron chi connectivity index (χ4n) is 1.49. The second-order valence-corrected chi connectivity index (χ2v) is 5.32. The van der Waals surface area contributed by atoms with Crippen LogP contribution in [0.4, 0.5) is 0 Å². The highest BCUT2D eigenvalue weighted by molar-refractivity contribution is 7.11. The van der Waals surface area contributed by atoms with E-state index in [1.54, 1.807) is 0 Å². The summed E-state index contributed by atoms with van der Waals surface area (Å²) in [6.45, 7) is 3.06. The van der Waals surface area contributed by atoms with E-state index in [-0.39, 0.29) is 0 Å². The molecule has 1 heterocycles. The average Bonchev–Trinajstić information content (AvgIpc) is 3.00. The third-order valence-electron chi connectivity index (χ3n) is 2.64. The molecule has 0 radical (unpaired) electrons. The standard InChI is InChI=1S/C12H19N3S/c1-3-10-6-7-11(16-10)8-14-12(13-2)15-9-4-5-9/h6-7,9H,3-5,8H2,1-2H3,(H2,13,14,15). The first-order chi connectivity index (χ1) is 7.81. The van der Waals surface area contributed by atoms with Gasteiger partial charge in [0.05, 0.1) is 6.54 Å². The molecule has 0 amide bonds. The van der Waals surface area contributed by atoms with Gasteiger partial charge < -0.3 is 10.6 Å². The number of nitrogens with one attached hydrogen (secondary N) is 2. The molecule has 0 saturated heterocycles. The normalized spacial score (nSPS) is 16.2. The van der Waals surface area contributed by atoms with E-state index in [0.717, 1.165) is 18.9 Å². The molecular weight excluding hydrogens is 218 g/mol. The van der Waals surface area contributed by atoms with Gasteiger partial charge in [-0.3, -0.25) is 4.99 Å². The Hall–Kier alpha value is -1.03. The summed E-state index contributed by atoms with van der Waals surface area (Å²) in [6, 6.07) is 5.06. The molecule has 0 spiro atoms. The Bertz CT molecular complexity index is 366. The van der Waals surface area contributed by atoms with Crippen molar-refractivity contribution < 1.29 is 0 Å². The van der Waals surface area contributed by atoms with E-state index in [0.29, 0.717) is 6.04 Å². The number of thiophene rings is 1. The molecule has 0 unspecified atom stereocenters. The van der Waals surface area contributed by atoms with Crippen LogP contribution in [-0.2, 0) is 13.0 Å². The molecule has 2 N–H and O–H groups in total. The lowest BCUT2D eigenvalue weighted by Crippen LogP contribution is -2.37. The molecule has 1 aliphatic carbocycles. The molecule has 88 valence electrons. The van der Waals surface area contributed by atoms with Crippen LogP contribution in [0.15, 0.2) is 17.1 Å². The van der Waals surface area contributed by atoms with E-state index in [2.05, 4.69) is 34.7 Å². The second kappa shape index (κ2) is 5.34. The maximum absolute atomic E-state index is 4.21. The molecular formula is C12H19N3S. The molecule has 1 saturated carbocycles. The topological polar surface area (TPSA) is 36.4 Å². The van der Waals surface area contributed by atoms with Gasteiger partial charge in [-0.1, -0.05) is 6.92 Å². The van der Waals surface area contributed by atoms with Gasteiger partial charge in [0.2, 0.25) is 0 Å². The molecule has 16 heavy (non-hydrogen) atoms. The van der Waals surface area contributed by atoms with Gasteiger partial charge in [0.25, 0.3) is 0 Å². The van der Waals surface area contributed by atoms with Crippen LogP contribution in [0.1, 0.15) is 29.5 Å². The summed E-state index contributed by atoms with van der Waals surface area (Å²) < 4.78 is 0. The summed E-state index contributed by atoms with van der Waals surface area (Å²) in [7, 11) is 1.82. The van der Waals surface area contributed by atoms with Crippen molar-refractivity contribution in [3.05, 3.63) is 21.9 Å². The van der Waals surface area contributed by atoms with Gasteiger partial charge in [0.15, 0.2) is 5.96 Å². The zero-order valence-corrected chi connectivity index (χ0v) is 10.7. The molecule has 0 aliphatic heterocycles. The summed E-state index contributed by atoms with van der Waals surface area (Å²) in [5.74, 6) is 0.925. The Morgan fingerprint density at radius 2 is 2.19 bits per heavy atom. The number of rotatable bonds is 4. The van der Waals surface area contributed by atoms with Crippen LogP contribution in [0.25, 0.3) is 0 Å². The molecule has 4 heteroatoms. The number of aliphatic imine (C=N–C) groups is 1. The molecule has 1 fully saturated rings. The Labute approximate surface area is 101 Å². The smallest absolute Gasteiger partial charge is 0.191 e. The Kier molecular flexibility index (Phi) is 3.83. The van der Waals surface area contributed by atoms with Crippen LogP contribution in [0.5, 0.6) is 0 Å². The summed E-state index contributed by atoms with van der Waals surface area (Å²) in [6.07, 6.45) is 3.68. The minimum atomic E-state index is 0.653. The van der Waals surface area contributed by atoms with Crippen LogP contribution in [0.2, 0.25) is 0 Å². The summed E-state index contributed by atoms with van der Waals surface area (Å²) >= 11 is 1.87. The lowest BCUT2D eigenvalue weighted by atomic mass is 10.4. The van der Waals surface area contributed by atoms with Crippen molar-refractivity contribution in [2.75, 3.05) is 7.05 Å². The lowest BCUT2D eigenvalue weighted by Gasteiger charge is -2.09. The lowest BCUT2D eigenvalue weighted by molar-refractivity contribution is 0.811. The van der Waals surface area contributed by atoms with Crippen LogP contribution in [0.3, 0.4) is 0 Å². The third kappa shape index (κ3) is 3.23. The first kappa shape index (κ1) is 11.5. The van der Waals surface area contributed by atoms with Gasteiger partial charge in [-0.15, -0.1) is 11.3 Å². The summed E-state index contributed by atoms with van der Waals surface area (Å²) in [4.78, 5) is 7.03. The predicted octanol–water partition coefficient (Wildman–Crippen LogP) is 2.14. The molecule has 0 aromatic carbocycles. The van der Waals surface area contributed by atoms with Gasteiger partial charge >= 0.3 is 0 Å². The molecule has 0 atom stereocenters. The quantitative estimate of drug-likeness (QED) is 0.622. The average molecular weight is 237 g/mol. The first-order valence-corrected chi connectivity index (χ1v) is 6.68. The van der Waals surface area contributed by atoms with Gasteiger partial charge in [-0.2, -0.15) is 0 Å². The van der Waals surface area contributed by atoms with E-state index in [1.165, 1.54) is 22.6 Å². The predicted molar refractivity (Wildman–Crippen MR) is 70.1 cm³/mol. The molecule has 1 aromatic heterocycles. The van der Waals surface area contributed by atoms with E-state index >= 15 is 0 Å². The Morgan fingerprint density at radius 1 is 1.44 bits per heavy atom. The number of hydrogen-bond acceptors (Lipinski definition) is 2. The van der Waals surface area contributed by atoms with Crippen molar-refractivity contribution in [2.45, 2.75) is 38.8 Å². The highest BCUT2D eigenvalue weighted by atomic mass is 32.1. The molecule has 0 bridgehead atoms. The van der Waals surface area contributed by atoms with E-state index < -0.39 is 0 Å². The second-order valence-electron chi connectivity index (χ2n) is 4.07. The molecule has 1 aliphatic rings. The minimum Gasteiger partial charge on any atom is -0.354 e. The van der Waals surface area contributed by atoms with Crippen molar-refractivity contribution >= 4 is 17.3 Å². The van der Waals surface area contributed by atoms with Crippen molar-refractivity contribution in [3.8, 4) is 0 Å².